The Morgan fingerprint density at radius 2 is 1.76 bits per heavy atom. The first-order chi connectivity index (χ1) is 10.2. The van der Waals surface area contributed by atoms with Gasteiger partial charge in [-0.1, -0.05) is 41.9 Å². The van der Waals surface area contributed by atoms with Gasteiger partial charge in [-0.25, -0.2) is 0 Å². The fourth-order valence-electron chi connectivity index (χ4n) is 2.41. The van der Waals surface area contributed by atoms with E-state index in [2.05, 4.69) is 0 Å². The molecule has 0 unspecified atom stereocenters. The molecular formula is C18H16ClNO. The van der Waals surface area contributed by atoms with Crippen LogP contribution in [0.25, 0.3) is 10.8 Å². The van der Waals surface area contributed by atoms with E-state index in [9.17, 15) is 0 Å². The van der Waals surface area contributed by atoms with Gasteiger partial charge in [-0.05, 0) is 42.3 Å². The minimum atomic E-state index is 0.538. The molecule has 0 radical (unpaired) electrons. The molecule has 3 aromatic rings. The highest BCUT2D eigenvalue weighted by Gasteiger charge is 2.07. The Labute approximate surface area is 129 Å². The summed E-state index contributed by atoms with van der Waals surface area (Å²) < 4.78 is 6.03. The fraction of sp³-hybridized carbons (Fsp3) is 0.111. The summed E-state index contributed by atoms with van der Waals surface area (Å²) in [6.07, 6.45) is 0. The summed E-state index contributed by atoms with van der Waals surface area (Å²) >= 11 is 6.23. The minimum absolute atomic E-state index is 0.538. The van der Waals surface area contributed by atoms with Gasteiger partial charge in [-0.2, -0.15) is 0 Å². The van der Waals surface area contributed by atoms with E-state index in [0.717, 1.165) is 38.4 Å². The summed E-state index contributed by atoms with van der Waals surface area (Å²) in [5.41, 5.74) is 7.95. The molecule has 3 aromatic carbocycles. The molecule has 0 spiro atoms. The van der Waals surface area contributed by atoms with Gasteiger partial charge in [0.2, 0.25) is 0 Å². The Hall–Kier alpha value is -2.03. The maximum absolute atomic E-state index is 6.23. The number of hydrogen-bond donors (Lipinski definition) is 1. The van der Waals surface area contributed by atoms with Crippen LogP contribution in [-0.2, 0) is 6.54 Å². The zero-order valence-electron chi connectivity index (χ0n) is 11.8. The molecule has 0 aliphatic rings. The van der Waals surface area contributed by atoms with Crippen LogP contribution in [0.15, 0.2) is 54.6 Å². The highest BCUT2D eigenvalue weighted by Crippen LogP contribution is 2.34. The summed E-state index contributed by atoms with van der Waals surface area (Å²) in [4.78, 5) is 0. The predicted octanol–water partition coefficient (Wildman–Crippen LogP) is 5.05. The first kappa shape index (κ1) is 13.9. The molecular weight excluding hydrogens is 282 g/mol. The average molecular weight is 298 g/mol. The lowest BCUT2D eigenvalue weighted by Crippen LogP contribution is -1.99. The molecule has 0 amide bonds. The smallest absolute Gasteiger partial charge is 0.135 e. The number of benzene rings is 3. The van der Waals surface area contributed by atoms with Gasteiger partial charge in [-0.3, -0.25) is 0 Å². The SMILES string of the molecule is Cc1cc(Oc2ccc(Cl)c3ccccc23)ccc1CN. The second-order valence-corrected chi connectivity index (χ2v) is 5.39. The molecule has 0 aliphatic heterocycles. The Morgan fingerprint density at radius 3 is 2.48 bits per heavy atom. The van der Waals surface area contributed by atoms with Crippen molar-refractivity contribution in [3.05, 3.63) is 70.7 Å². The van der Waals surface area contributed by atoms with Gasteiger partial charge in [0, 0.05) is 22.3 Å². The monoisotopic (exact) mass is 297 g/mol. The van der Waals surface area contributed by atoms with Crippen molar-refractivity contribution in [3.8, 4) is 11.5 Å². The molecule has 2 N–H and O–H groups in total. The molecule has 0 bridgehead atoms. The molecule has 2 nitrogen and oxygen atoms in total. The van der Waals surface area contributed by atoms with Crippen LogP contribution in [0.2, 0.25) is 5.02 Å². The van der Waals surface area contributed by atoms with E-state index in [1.165, 1.54) is 0 Å². The quantitative estimate of drug-likeness (QED) is 0.734. The van der Waals surface area contributed by atoms with Crippen LogP contribution in [-0.4, -0.2) is 0 Å². The van der Waals surface area contributed by atoms with Gasteiger partial charge < -0.3 is 10.5 Å². The zero-order chi connectivity index (χ0) is 14.8. The zero-order valence-corrected chi connectivity index (χ0v) is 12.5. The van der Waals surface area contributed by atoms with Crippen LogP contribution in [0.5, 0.6) is 11.5 Å². The average Bonchev–Trinajstić information content (AvgIpc) is 2.51. The van der Waals surface area contributed by atoms with Gasteiger partial charge in [0.15, 0.2) is 0 Å². The summed E-state index contributed by atoms with van der Waals surface area (Å²) in [5, 5.41) is 2.73. The van der Waals surface area contributed by atoms with Crippen LogP contribution in [0.3, 0.4) is 0 Å². The third-order valence-electron chi connectivity index (χ3n) is 3.59. The number of nitrogens with two attached hydrogens (primary N) is 1. The summed E-state index contributed by atoms with van der Waals surface area (Å²) in [7, 11) is 0. The number of aryl methyl sites for hydroxylation is 1. The van der Waals surface area contributed by atoms with Crippen molar-refractivity contribution < 1.29 is 4.74 Å². The van der Waals surface area contributed by atoms with E-state index in [1.54, 1.807) is 0 Å². The molecule has 0 saturated heterocycles. The second-order valence-electron chi connectivity index (χ2n) is 4.99. The highest BCUT2D eigenvalue weighted by molar-refractivity contribution is 6.35. The number of halogens is 1. The topological polar surface area (TPSA) is 35.2 Å². The minimum Gasteiger partial charge on any atom is -0.457 e. The lowest BCUT2D eigenvalue weighted by Gasteiger charge is -2.11. The lowest BCUT2D eigenvalue weighted by molar-refractivity contribution is 0.487. The molecule has 3 heteroatoms. The van der Waals surface area contributed by atoms with E-state index in [-0.39, 0.29) is 0 Å². The van der Waals surface area contributed by atoms with Crippen molar-refractivity contribution in [2.24, 2.45) is 5.73 Å². The Morgan fingerprint density at radius 1 is 1.00 bits per heavy atom. The van der Waals surface area contributed by atoms with Crippen molar-refractivity contribution in [3.63, 3.8) is 0 Å². The first-order valence-electron chi connectivity index (χ1n) is 6.84. The van der Waals surface area contributed by atoms with E-state index >= 15 is 0 Å². The van der Waals surface area contributed by atoms with Crippen LogP contribution >= 0.6 is 11.6 Å². The molecule has 0 saturated carbocycles. The largest absolute Gasteiger partial charge is 0.457 e. The van der Waals surface area contributed by atoms with Crippen molar-refractivity contribution in [1.82, 2.24) is 0 Å². The van der Waals surface area contributed by atoms with Crippen LogP contribution in [0.4, 0.5) is 0 Å². The normalized spacial score (nSPS) is 10.8. The van der Waals surface area contributed by atoms with Crippen LogP contribution in [0, 0.1) is 6.92 Å². The van der Waals surface area contributed by atoms with E-state index < -0.39 is 0 Å². The van der Waals surface area contributed by atoms with Gasteiger partial charge >= 0.3 is 0 Å². The van der Waals surface area contributed by atoms with Crippen molar-refractivity contribution >= 4 is 22.4 Å². The van der Waals surface area contributed by atoms with Crippen molar-refractivity contribution in [2.75, 3.05) is 0 Å². The third kappa shape index (κ3) is 2.73. The number of fused-ring (bicyclic) bond motifs is 1. The molecule has 21 heavy (non-hydrogen) atoms. The molecule has 0 heterocycles. The van der Waals surface area contributed by atoms with Gasteiger partial charge in [0.1, 0.15) is 11.5 Å². The fourth-order valence-corrected chi connectivity index (χ4v) is 2.64. The molecule has 0 aliphatic carbocycles. The summed E-state index contributed by atoms with van der Waals surface area (Å²) in [5.74, 6) is 1.60. The van der Waals surface area contributed by atoms with Crippen molar-refractivity contribution in [2.45, 2.75) is 13.5 Å². The van der Waals surface area contributed by atoms with Crippen molar-refractivity contribution in [1.29, 1.82) is 0 Å². The maximum atomic E-state index is 6.23. The molecule has 0 atom stereocenters. The van der Waals surface area contributed by atoms with E-state index in [0.29, 0.717) is 6.54 Å². The van der Waals surface area contributed by atoms with E-state index in [4.69, 9.17) is 22.1 Å². The Balaban J connectivity index is 2.02. The standard InChI is InChI=1S/C18H16ClNO/c1-12-10-14(7-6-13(12)11-20)21-18-9-8-17(19)15-4-2-3-5-16(15)18/h2-10H,11,20H2,1H3. The number of hydrogen-bond acceptors (Lipinski definition) is 2. The molecule has 0 fully saturated rings. The van der Waals surface area contributed by atoms with Gasteiger partial charge in [0.05, 0.1) is 0 Å². The Kier molecular flexibility index (Phi) is 3.82. The number of ether oxygens (including phenoxy) is 1. The molecule has 106 valence electrons. The highest BCUT2D eigenvalue weighted by atomic mass is 35.5. The maximum Gasteiger partial charge on any atom is 0.135 e. The molecule has 0 aromatic heterocycles. The van der Waals surface area contributed by atoms with Gasteiger partial charge in [0.25, 0.3) is 0 Å². The third-order valence-corrected chi connectivity index (χ3v) is 3.92. The summed E-state index contributed by atoms with van der Waals surface area (Å²) in [6, 6.07) is 17.7. The van der Waals surface area contributed by atoms with Crippen LogP contribution in [0.1, 0.15) is 11.1 Å². The first-order valence-corrected chi connectivity index (χ1v) is 7.21. The predicted molar refractivity (Wildman–Crippen MR) is 88.1 cm³/mol. The van der Waals surface area contributed by atoms with Crippen LogP contribution < -0.4 is 10.5 Å². The summed E-state index contributed by atoms with van der Waals surface area (Å²) in [6.45, 7) is 2.57. The number of rotatable bonds is 3. The van der Waals surface area contributed by atoms with E-state index in [1.807, 2.05) is 61.5 Å². The van der Waals surface area contributed by atoms with Gasteiger partial charge in [-0.15, -0.1) is 0 Å². The second kappa shape index (κ2) is 5.76. The molecule has 3 rings (SSSR count). The Bertz CT molecular complexity index is 798. The lowest BCUT2D eigenvalue weighted by atomic mass is 10.1.